The maximum absolute atomic E-state index is 13.0. The SMILES string of the molecule is COc1c(C)cc(C(=O)C2CCCN(Cc3ncc[nH]3)C2)cc1C. The second-order valence-electron chi connectivity index (χ2n) is 6.62. The van der Waals surface area contributed by atoms with Crippen LogP contribution in [0.5, 0.6) is 5.75 Å². The molecule has 1 atom stereocenters. The zero-order chi connectivity index (χ0) is 17.1. The number of ketones is 1. The van der Waals surface area contributed by atoms with Crippen LogP contribution in [0.15, 0.2) is 24.5 Å². The molecule has 0 radical (unpaired) electrons. The highest BCUT2D eigenvalue weighted by molar-refractivity contribution is 5.98. The van der Waals surface area contributed by atoms with Gasteiger partial charge in [0.15, 0.2) is 5.78 Å². The van der Waals surface area contributed by atoms with E-state index < -0.39 is 0 Å². The number of imidazole rings is 1. The number of hydrogen-bond acceptors (Lipinski definition) is 4. The smallest absolute Gasteiger partial charge is 0.167 e. The van der Waals surface area contributed by atoms with Gasteiger partial charge in [-0.25, -0.2) is 4.98 Å². The third kappa shape index (κ3) is 3.51. The first-order valence-corrected chi connectivity index (χ1v) is 8.48. The van der Waals surface area contributed by atoms with E-state index >= 15 is 0 Å². The van der Waals surface area contributed by atoms with Crippen LogP contribution in [0.2, 0.25) is 0 Å². The second kappa shape index (κ2) is 7.18. The van der Waals surface area contributed by atoms with Crippen LogP contribution in [-0.2, 0) is 6.54 Å². The molecule has 128 valence electrons. The number of ether oxygens (including phenoxy) is 1. The minimum atomic E-state index is 0.0564. The maximum Gasteiger partial charge on any atom is 0.167 e. The Hall–Kier alpha value is -2.14. The number of likely N-dealkylation sites (tertiary alicyclic amines) is 1. The van der Waals surface area contributed by atoms with Crippen molar-refractivity contribution >= 4 is 5.78 Å². The van der Waals surface area contributed by atoms with Crippen LogP contribution in [0.1, 0.15) is 40.2 Å². The Morgan fingerprint density at radius 1 is 1.38 bits per heavy atom. The molecule has 2 aromatic rings. The minimum Gasteiger partial charge on any atom is -0.496 e. The lowest BCUT2D eigenvalue weighted by Crippen LogP contribution is -2.38. The number of piperidine rings is 1. The average molecular weight is 327 g/mol. The topological polar surface area (TPSA) is 58.2 Å². The summed E-state index contributed by atoms with van der Waals surface area (Å²) in [5, 5.41) is 0. The molecule has 24 heavy (non-hydrogen) atoms. The summed E-state index contributed by atoms with van der Waals surface area (Å²) in [6.45, 7) is 6.58. The van der Waals surface area contributed by atoms with Crippen LogP contribution < -0.4 is 4.74 Å². The highest BCUT2D eigenvalue weighted by Crippen LogP contribution is 2.28. The molecule has 1 fully saturated rings. The van der Waals surface area contributed by atoms with Crippen molar-refractivity contribution in [1.82, 2.24) is 14.9 Å². The molecule has 3 rings (SSSR count). The van der Waals surface area contributed by atoms with Crippen molar-refractivity contribution in [3.63, 3.8) is 0 Å². The van der Waals surface area contributed by atoms with Gasteiger partial charge in [-0.1, -0.05) is 0 Å². The van der Waals surface area contributed by atoms with Crippen LogP contribution >= 0.6 is 0 Å². The molecular formula is C19H25N3O2. The van der Waals surface area contributed by atoms with E-state index in [9.17, 15) is 4.79 Å². The van der Waals surface area contributed by atoms with E-state index in [2.05, 4.69) is 14.9 Å². The number of aromatic nitrogens is 2. The van der Waals surface area contributed by atoms with Crippen molar-refractivity contribution in [2.24, 2.45) is 5.92 Å². The lowest BCUT2D eigenvalue weighted by molar-refractivity contribution is 0.0808. The van der Waals surface area contributed by atoms with Crippen LogP contribution in [0.3, 0.4) is 0 Å². The van der Waals surface area contributed by atoms with Gasteiger partial charge in [-0.3, -0.25) is 9.69 Å². The Morgan fingerprint density at radius 3 is 2.75 bits per heavy atom. The minimum absolute atomic E-state index is 0.0564. The number of H-pyrrole nitrogens is 1. The molecule has 2 heterocycles. The summed E-state index contributed by atoms with van der Waals surface area (Å²) in [6, 6.07) is 3.92. The van der Waals surface area contributed by atoms with Gasteiger partial charge < -0.3 is 9.72 Å². The molecule has 0 aliphatic carbocycles. The molecule has 5 heteroatoms. The highest BCUT2D eigenvalue weighted by atomic mass is 16.5. The quantitative estimate of drug-likeness (QED) is 0.857. The standard InChI is InChI=1S/C19H25N3O2/c1-13-9-16(10-14(2)19(13)24-3)18(23)15-5-4-8-22(11-15)12-17-20-6-7-21-17/h6-7,9-10,15H,4-5,8,11-12H2,1-3H3,(H,20,21). The van der Waals surface area contributed by atoms with Crippen molar-refractivity contribution < 1.29 is 9.53 Å². The zero-order valence-corrected chi connectivity index (χ0v) is 14.6. The van der Waals surface area contributed by atoms with Crippen molar-refractivity contribution in [3.8, 4) is 5.75 Å². The van der Waals surface area contributed by atoms with E-state index in [1.165, 1.54) is 0 Å². The molecule has 0 spiro atoms. The number of methoxy groups -OCH3 is 1. The van der Waals surface area contributed by atoms with Crippen molar-refractivity contribution in [2.45, 2.75) is 33.2 Å². The predicted octanol–water partition coefficient (Wildman–Crippen LogP) is 3.13. The van der Waals surface area contributed by atoms with Crippen LogP contribution in [0.25, 0.3) is 0 Å². The fourth-order valence-corrected chi connectivity index (χ4v) is 3.66. The lowest BCUT2D eigenvalue weighted by Gasteiger charge is -2.31. The summed E-state index contributed by atoms with van der Waals surface area (Å²) >= 11 is 0. The monoisotopic (exact) mass is 327 g/mol. The van der Waals surface area contributed by atoms with Gasteiger partial charge in [0, 0.05) is 30.4 Å². The van der Waals surface area contributed by atoms with E-state index in [-0.39, 0.29) is 11.7 Å². The van der Waals surface area contributed by atoms with Gasteiger partial charge in [0.1, 0.15) is 11.6 Å². The van der Waals surface area contributed by atoms with E-state index in [0.717, 1.165) is 60.7 Å². The fraction of sp³-hybridized carbons (Fsp3) is 0.474. The lowest BCUT2D eigenvalue weighted by atomic mass is 9.88. The normalized spacial score (nSPS) is 18.5. The Kier molecular flexibility index (Phi) is 5.00. The highest BCUT2D eigenvalue weighted by Gasteiger charge is 2.27. The third-order valence-corrected chi connectivity index (χ3v) is 4.75. The molecular weight excluding hydrogens is 302 g/mol. The number of rotatable bonds is 5. The number of carbonyl (C=O) groups excluding carboxylic acids is 1. The molecule has 1 aliphatic rings. The van der Waals surface area contributed by atoms with Crippen LogP contribution in [-0.4, -0.2) is 40.9 Å². The van der Waals surface area contributed by atoms with Crippen molar-refractivity contribution in [2.75, 3.05) is 20.2 Å². The number of carbonyl (C=O) groups is 1. The first kappa shape index (κ1) is 16.7. The Morgan fingerprint density at radius 2 is 2.12 bits per heavy atom. The van der Waals surface area contributed by atoms with Gasteiger partial charge in [-0.05, 0) is 56.5 Å². The summed E-state index contributed by atoms with van der Waals surface area (Å²) in [5.74, 6) is 2.13. The molecule has 0 bridgehead atoms. The van der Waals surface area contributed by atoms with Gasteiger partial charge in [0.2, 0.25) is 0 Å². The second-order valence-corrected chi connectivity index (χ2v) is 6.62. The summed E-state index contributed by atoms with van der Waals surface area (Å²) < 4.78 is 5.40. The molecule has 1 N–H and O–H groups in total. The summed E-state index contributed by atoms with van der Waals surface area (Å²) in [7, 11) is 1.67. The van der Waals surface area contributed by atoms with Crippen molar-refractivity contribution in [3.05, 3.63) is 47.0 Å². The Bertz CT molecular complexity index is 686. The van der Waals surface area contributed by atoms with Crippen molar-refractivity contribution in [1.29, 1.82) is 0 Å². The molecule has 5 nitrogen and oxygen atoms in total. The summed E-state index contributed by atoms with van der Waals surface area (Å²) in [5.41, 5.74) is 2.84. The maximum atomic E-state index is 13.0. The summed E-state index contributed by atoms with van der Waals surface area (Å²) in [4.78, 5) is 22.7. The number of aryl methyl sites for hydroxylation is 2. The van der Waals surface area contributed by atoms with Crippen LogP contribution in [0, 0.1) is 19.8 Å². The predicted molar refractivity (Wildman–Crippen MR) is 93.4 cm³/mol. The molecule has 1 aromatic carbocycles. The van der Waals surface area contributed by atoms with Gasteiger partial charge in [-0.2, -0.15) is 0 Å². The van der Waals surface area contributed by atoms with Gasteiger partial charge >= 0.3 is 0 Å². The zero-order valence-electron chi connectivity index (χ0n) is 14.6. The van der Waals surface area contributed by atoms with E-state index in [1.54, 1.807) is 13.3 Å². The Balaban J connectivity index is 1.72. The Labute approximate surface area is 143 Å². The molecule has 1 aromatic heterocycles. The average Bonchev–Trinajstić information content (AvgIpc) is 3.07. The fourth-order valence-electron chi connectivity index (χ4n) is 3.66. The first-order chi connectivity index (χ1) is 11.6. The third-order valence-electron chi connectivity index (χ3n) is 4.75. The van der Waals surface area contributed by atoms with E-state index in [4.69, 9.17) is 4.74 Å². The largest absolute Gasteiger partial charge is 0.496 e. The number of nitrogens with zero attached hydrogens (tertiary/aromatic N) is 2. The number of benzene rings is 1. The van der Waals surface area contributed by atoms with Gasteiger partial charge in [0.05, 0.1) is 13.7 Å². The number of hydrogen-bond donors (Lipinski definition) is 1. The molecule has 0 amide bonds. The van der Waals surface area contributed by atoms with E-state index in [0.29, 0.717) is 0 Å². The van der Waals surface area contributed by atoms with E-state index in [1.807, 2.05) is 32.2 Å². The number of Topliss-reactive ketones (excluding diaryl/α,β-unsaturated/α-hetero) is 1. The first-order valence-electron chi connectivity index (χ1n) is 8.48. The molecule has 0 saturated carbocycles. The van der Waals surface area contributed by atoms with Crippen LogP contribution in [0.4, 0.5) is 0 Å². The number of aromatic amines is 1. The molecule has 1 aliphatic heterocycles. The molecule has 1 saturated heterocycles. The number of nitrogens with one attached hydrogen (secondary N) is 1. The van der Waals surface area contributed by atoms with Gasteiger partial charge in [-0.15, -0.1) is 0 Å². The summed E-state index contributed by atoms with van der Waals surface area (Å²) in [6.07, 6.45) is 5.61. The van der Waals surface area contributed by atoms with Gasteiger partial charge in [0.25, 0.3) is 0 Å². The molecule has 1 unspecified atom stereocenters.